The van der Waals surface area contributed by atoms with Crippen molar-refractivity contribution in [2.75, 3.05) is 0 Å². The Kier molecular flexibility index (Phi) is 3.75. The Bertz CT molecular complexity index is 476. The SMILES string of the molecule is CC(C)(C)C(c1cnc[nH]1)C1C[C@](C)(O)C(=O)[C@@H](O)O1. The van der Waals surface area contributed by atoms with E-state index in [0.29, 0.717) is 0 Å². The largest absolute Gasteiger partial charge is 0.382 e. The molecule has 1 aliphatic heterocycles. The van der Waals surface area contributed by atoms with Crippen molar-refractivity contribution in [1.29, 1.82) is 0 Å². The van der Waals surface area contributed by atoms with E-state index in [4.69, 9.17) is 4.74 Å². The van der Waals surface area contributed by atoms with Gasteiger partial charge >= 0.3 is 0 Å². The molecule has 6 heteroatoms. The van der Waals surface area contributed by atoms with E-state index in [0.717, 1.165) is 5.69 Å². The minimum absolute atomic E-state index is 0.126. The summed E-state index contributed by atoms with van der Waals surface area (Å²) in [4.78, 5) is 18.8. The zero-order chi connectivity index (χ0) is 15.1. The van der Waals surface area contributed by atoms with Crippen LogP contribution in [0.4, 0.5) is 0 Å². The van der Waals surface area contributed by atoms with Crippen LogP contribution in [-0.4, -0.2) is 44.0 Å². The monoisotopic (exact) mass is 282 g/mol. The molecule has 0 aromatic carbocycles. The van der Waals surface area contributed by atoms with Crippen LogP contribution in [0.1, 0.15) is 45.7 Å². The number of nitrogens with one attached hydrogen (secondary N) is 1. The first kappa shape index (κ1) is 15.2. The first-order valence-electron chi connectivity index (χ1n) is 6.71. The second kappa shape index (κ2) is 4.95. The number of Topliss-reactive ketones (excluding diaryl/α,β-unsaturated/α-hetero) is 1. The number of aliphatic hydroxyl groups excluding tert-OH is 1. The molecular weight excluding hydrogens is 260 g/mol. The van der Waals surface area contributed by atoms with Gasteiger partial charge in [-0.25, -0.2) is 4.98 Å². The summed E-state index contributed by atoms with van der Waals surface area (Å²) in [5.74, 6) is -0.815. The second-order valence-corrected chi connectivity index (χ2v) is 6.72. The van der Waals surface area contributed by atoms with E-state index in [1.54, 1.807) is 12.5 Å². The normalized spacial score (nSPS) is 33.2. The van der Waals surface area contributed by atoms with Gasteiger partial charge in [-0.05, 0) is 12.3 Å². The van der Waals surface area contributed by atoms with Crippen LogP contribution < -0.4 is 0 Å². The maximum Gasteiger partial charge on any atom is 0.219 e. The third-order valence-electron chi connectivity index (χ3n) is 3.82. The number of aromatic amines is 1. The van der Waals surface area contributed by atoms with Gasteiger partial charge in [0.05, 0.1) is 12.4 Å². The number of aromatic nitrogens is 2. The number of rotatable bonds is 2. The van der Waals surface area contributed by atoms with Crippen LogP contribution in [-0.2, 0) is 9.53 Å². The first-order chi connectivity index (χ1) is 9.13. The summed E-state index contributed by atoms with van der Waals surface area (Å²) in [6, 6.07) is 0. The fourth-order valence-electron chi connectivity index (χ4n) is 2.89. The van der Waals surface area contributed by atoms with Crippen molar-refractivity contribution in [2.45, 2.75) is 58.0 Å². The minimum Gasteiger partial charge on any atom is -0.382 e. The molecule has 1 aromatic heterocycles. The second-order valence-electron chi connectivity index (χ2n) is 6.72. The molecule has 2 unspecified atom stereocenters. The molecular formula is C14H22N2O4. The van der Waals surface area contributed by atoms with Crippen LogP contribution in [0.3, 0.4) is 0 Å². The molecule has 0 amide bonds. The van der Waals surface area contributed by atoms with E-state index in [1.165, 1.54) is 6.92 Å². The summed E-state index contributed by atoms with van der Waals surface area (Å²) in [7, 11) is 0. The lowest BCUT2D eigenvalue weighted by Gasteiger charge is -2.43. The maximum absolute atomic E-state index is 11.7. The Hall–Kier alpha value is -1.24. The van der Waals surface area contributed by atoms with Crippen LogP contribution in [0.25, 0.3) is 0 Å². The van der Waals surface area contributed by atoms with Gasteiger partial charge in [0.15, 0.2) is 0 Å². The number of hydrogen-bond acceptors (Lipinski definition) is 5. The number of aliphatic hydroxyl groups is 2. The van der Waals surface area contributed by atoms with E-state index in [2.05, 4.69) is 9.97 Å². The van der Waals surface area contributed by atoms with Gasteiger partial charge in [-0.15, -0.1) is 0 Å². The number of imidazole rings is 1. The summed E-state index contributed by atoms with van der Waals surface area (Å²) in [6.07, 6.45) is 1.37. The van der Waals surface area contributed by atoms with Crippen molar-refractivity contribution < 1.29 is 19.7 Å². The molecule has 1 saturated heterocycles. The highest BCUT2D eigenvalue weighted by molar-refractivity contribution is 5.90. The predicted octanol–water partition coefficient (Wildman–Crippen LogP) is 0.967. The van der Waals surface area contributed by atoms with Gasteiger partial charge in [-0.1, -0.05) is 20.8 Å². The Labute approximate surface area is 118 Å². The van der Waals surface area contributed by atoms with E-state index in [9.17, 15) is 15.0 Å². The summed E-state index contributed by atoms with van der Waals surface area (Å²) in [5, 5.41) is 19.9. The van der Waals surface area contributed by atoms with Crippen LogP contribution in [0, 0.1) is 5.41 Å². The molecule has 0 radical (unpaired) electrons. The molecule has 0 bridgehead atoms. The molecule has 20 heavy (non-hydrogen) atoms. The average molecular weight is 282 g/mol. The molecule has 3 N–H and O–H groups in total. The van der Waals surface area contributed by atoms with Crippen molar-refractivity contribution in [3.63, 3.8) is 0 Å². The van der Waals surface area contributed by atoms with E-state index >= 15 is 0 Å². The molecule has 2 heterocycles. The highest BCUT2D eigenvalue weighted by atomic mass is 16.6. The van der Waals surface area contributed by atoms with Crippen molar-refractivity contribution >= 4 is 5.78 Å². The standard InChI is InChI=1S/C14H22N2O4/c1-13(2,3)10(8-6-15-7-16-8)9-5-14(4,19)11(17)12(18)20-9/h6-7,9-10,12,18-19H,5H2,1-4H3,(H,15,16)/t9?,10?,12-,14-/m0/s1. The fraction of sp³-hybridized carbons (Fsp3) is 0.714. The highest BCUT2D eigenvalue weighted by Crippen LogP contribution is 2.42. The van der Waals surface area contributed by atoms with Gasteiger partial charge in [0, 0.05) is 24.2 Å². The number of ketones is 1. The Morgan fingerprint density at radius 1 is 1.55 bits per heavy atom. The number of nitrogens with zero attached hydrogens (tertiary/aromatic N) is 1. The summed E-state index contributed by atoms with van der Waals surface area (Å²) in [6.45, 7) is 7.54. The molecule has 1 aliphatic rings. The molecule has 6 nitrogen and oxygen atoms in total. The van der Waals surface area contributed by atoms with Gasteiger partial charge in [0.25, 0.3) is 0 Å². The molecule has 2 rings (SSSR count). The summed E-state index contributed by atoms with van der Waals surface area (Å²) in [5.41, 5.74) is -0.904. The first-order valence-corrected chi connectivity index (χ1v) is 6.71. The van der Waals surface area contributed by atoms with Crippen LogP contribution in [0.2, 0.25) is 0 Å². The number of carbonyl (C=O) groups is 1. The topological polar surface area (TPSA) is 95.4 Å². The van der Waals surface area contributed by atoms with Crippen molar-refractivity contribution in [3.05, 3.63) is 18.2 Å². The van der Waals surface area contributed by atoms with E-state index in [1.807, 2.05) is 20.8 Å². The summed E-state index contributed by atoms with van der Waals surface area (Å²) >= 11 is 0. The van der Waals surface area contributed by atoms with E-state index < -0.39 is 23.8 Å². The quantitative estimate of drug-likeness (QED) is 0.751. The van der Waals surface area contributed by atoms with Gasteiger partial charge in [-0.2, -0.15) is 0 Å². The molecule has 0 aliphatic carbocycles. The number of carbonyl (C=O) groups excluding carboxylic acids is 1. The van der Waals surface area contributed by atoms with Crippen LogP contribution >= 0.6 is 0 Å². The molecule has 1 fully saturated rings. The van der Waals surface area contributed by atoms with Gasteiger partial charge in [0.1, 0.15) is 5.60 Å². The van der Waals surface area contributed by atoms with Gasteiger partial charge in [0.2, 0.25) is 12.1 Å². The fourth-order valence-corrected chi connectivity index (χ4v) is 2.89. The molecule has 4 atom stereocenters. The Morgan fingerprint density at radius 2 is 2.20 bits per heavy atom. The third-order valence-corrected chi connectivity index (χ3v) is 3.82. The predicted molar refractivity (Wildman–Crippen MR) is 71.9 cm³/mol. The Morgan fingerprint density at radius 3 is 2.65 bits per heavy atom. The Balaban J connectivity index is 2.34. The van der Waals surface area contributed by atoms with Crippen LogP contribution in [0.5, 0.6) is 0 Å². The lowest BCUT2D eigenvalue weighted by atomic mass is 9.71. The van der Waals surface area contributed by atoms with Crippen molar-refractivity contribution in [1.82, 2.24) is 9.97 Å². The molecule has 0 saturated carbocycles. The third kappa shape index (κ3) is 2.77. The summed E-state index contributed by atoms with van der Waals surface area (Å²) < 4.78 is 5.44. The molecule has 0 spiro atoms. The van der Waals surface area contributed by atoms with Crippen molar-refractivity contribution in [2.24, 2.45) is 5.41 Å². The number of ether oxygens (including phenoxy) is 1. The van der Waals surface area contributed by atoms with Crippen molar-refractivity contribution in [3.8, 4) is 0 Å². The smallest absolute Gasteiger partial charge is 0.219 e. The zero-order valence-corrected chi connectivity index (χ0v) is 12.3. The average Bonchev–Trinajstić information content (AvgIpc) is 2.77. The van der Waals surface area contributed by atoms with E-state index in [-0.39, 0.29) is 17.8 Å². The minimum atomic E-state index is -1.59. The molecule has 1 aromatic rings. The van der Waals surface area contributed by atoms with Crippen LogP contribution in [0.15, 0.2) is 12.5 Å². The maximum atomic E-state index is 11.7. The lowest BCUT2D eigenvalue weighted by molar-refractivity contribution is -0.215. The highest BCUT2D eigenvalue weighted by Gasteiger charge is 2.49. The lowest BCUT2D eigenvalue weighted by Crippen LogP contribution is -2.55. The van der Waals surface area contributed by atoms with Gasteiger partial charge < -0.3 is 19.9 Å². The van der Waals surface area contributed by atoms with Gasteiger partial charge in [-0.3, -0.25) is 4.79 Å². The number of hydrogen-bond donors (Lipinski definition) is 3. The zero-order valence-electron chi connectivity index (χ0n) is 12.3. The number of H-pyrrole nitrogens is 1. The molecule has 112 valence electrons.